The number of rotatable bonds is 8. The van der Waals surface area contributed by atoms with Gasteiger partial charge in [-0.05, 0) is 41.8 Å². The molecule has 154 valence electrons. The highest BCUT2D eigenvalue weighted by Crippen LogP contribution is 2.29. The van der Waals surface area contributed by atoms with Crippen molar-refractivity contribution in [3.63, 3.8) is 0 Å². The van der Waals surface area contributed by atoms with Crippen molar-refractivity contribution in [1.29, 1.82) is 0 Å². The highest BCUT2D eigenvalue weighted by molar-refractivity contribution is 14.0. The Bertz CT molecular complexity index is 779. The standard InChI is InChI=1S/C19H22ClF2N3O2.HI/c1-23-19(25-12-14-4-3-5-15(20)10-14)24-9-8-13-6-7-16(26-2)17(11-13)27-18(21)22;/h3-7,10-11,18H,8-9,12H2,1-2H3,(H2,23,24,25);1H. The highest BCUT2D eigenvalue weighted by atomic mass is 127. The number of nitrogens with zero attached hydrogens (tertiary/aromatic N) is 1. The van der Waals surface area contributed by atoms with Gasteiger partial charge in [-0.2, -0.15) is 8.78 Å². The Hall–Kier alpha value is -1.81. The third-order valence-corrected chi connectivity index (χ3v) is 3.96. The van der Waals surface area contributed by atoms with Gasteiger partial charge in [0, 0.05) is 25.2 Å². The lowest BCUT2D eigenvalue weighted by molar-refractivity contribution is -0.0512. The summed E-state index contributed by atoms with van der Waals surface area (Å²) >= 11 is 5.97. The van der Waals surface area contributed by atoms with E-state index in [1.165, 1.54) is 7.11 Å². The number of benzene rings is 2. The molecular weight excluding hydrogens is 503 g/mol. The zero-order chi connectivity index (χ0) is 19.6. The van der Waals surface area contributed by atoms with Crippen LogP contribution in [0.2, 0.25) is 5.02 Å². The second-order valence-corrected chi connectivity index (χ2v) is 6.03. The summed E-state index contributed by atoms with van der Waals surface area (Å²) in [7, 11) is 3.08. The Morgan fingerprint density at radius 3 is 2.54 bits per heavy atom. The van der Waals surface area contributed by atoms with Gasteiger partial charge >= 0.3 is 6.61 Å². The topological polar surface area (TPSA) is 54.9 Å². The molecule has 0 atom stereocenters. The summed E-state index contributed by atoms with van der Waals surface area (Å²) in [6.07, 6.45) is 0.599. The van der Waals surface area contributed by atoms with Gasteiger partial charge in [-0.1, -0.05) is 29.8 Å². The molecule has 0 spiro atoms. The number of halogens is 4. The van der Waals surface area contributed by atoms with Crippen LogP contribution in [0, 0.1) is 0 Å². The van der Waals surface area contributed by atoms with Crippen LogP contribution in [0.4, 0.5) is 8.78 Å². The quantitative estimate of drug-likeness (QED) is 0.303. The summed E-state index contributed by atoms with van der Waals surface area (Å²) in [6.45, 7) is -1.76. The number of hydrogen-bond acceptors (Lipinski definition) is 3. The zero-order valence-electron chi connectivity index (χ0n) is 15.5. The van der Waals surface area contributed by atoms with Gasteiger partial charge in [0.05, 0.1) is 7.11 Å². The van der Waals surface area contributed by atoms with Gasteiger partial charge in [0.1, 0.15) is 0 Å². The van der Waals surface area contributed by atoms with Crippen LogP contribution in [-0.2, 0) is 13.0 Å². The van der Waals surface area contributed by atoms with E-state index in [4.69, 9.17) is 16.3 Å². The van der Waals surface area contributed by atoms with Gasteiger partial charge in [-0.25, -0.2) is 0 Å². The highest BCUT2D eigenvalue weighted by Gasteiger charge is 2.11. The van der Waals surface area contributed by atoms with E-state index < -0.39 is 6.61 Å². The van der Waals surface area contributed by atoms with Crippen LogP contribution < -0.4 is 20.1 Å². The van der Waals surface area contributed by atoms with Crippen LogP contribution >= 0.6 is 35.6 Å². The smallest absolute Gasteiger partial charge is 0.387 e. The molecule has 5 nitrogen and oxygen atoms in total. The number of nitrogens with one attached hydrogen (secondary N) is 2. The van der Waals surface area contributed by atoms with Crippen molar-refractivity contribution >= 4 is 41.5 Å². The van der Waals surface area contributed by atoms with Crippen LogP contribution in [0.5, 0.6) is 11.5 Å². The van der Waals surface area contributed by atoms with E-state index in [2.05, 4.69) is 20.4 Å². The second-order valence-electron chi connectivity index (χ2n) is 5.60. The first-order chi connectivity index (χ1) is 13.0. The minimum atomic E-state index is -2.90. The summed E-state index contributed by atoms with van der Waals surface area (Å²) in [5.74, 6) is 0.923. The van der Waals surface area contributed by atoms with Gasteiger partial charge < -0.3 is 20.1 Å². The molecule has 28 heavy (non-hydrogen) atoms. The van der Waals surface area contributed by atoms with E-state index in [9.17, 15) is 8.78 Å². The van der Waals surface area contributed by atoms with Crippen molar-refractivity contribution in [2.45, 2.75) is 19.6 Å². The average Bonchev–Trinajstić information content (AvgIpc) is 2.64. The fraction of sp³-hybridized carbons (Fsp3) is 0.316. The predicted molar refractivity (Wildman–Crippen MR) is 118 cm³/mol. The lowest BCUT2D eigenvalue weighted by atomic mass is 10.1. The Balaban J connectivity index is 0.00000392. The summed E-state index contributed by atoms with van der Waals surface area (Å²) in [5.41, 5.74) is 1.87. The minimum absolute atomic E-state index is 0. The van der Waals surface area contributed by atoms with E-state index in [1.54, 1.807) is 25.2 Å². The summed E-state index contributed by atoms with van der Waals surface area (Å²) in [4.78, 5) is 4.16. The Morgan fingerprint density at radius 2 is 1.89 bits per heavy atom. The van der Waals surface area contributed by atoms with Crippen LogP contribution in [0.25, 0.3) is 0 Å². The van der Waals surface area contributed by atoms with Gasteiger partial charge in [-0.15, -0.1) is 24.0 Å². The van der Waals surface area contributed by atoms with E-state index in [-0.39, 0.29) is 35.5 Å². The second kappa shape index (κ2) is 12.6. The van der Waals surface area contributed by atoms with Gasteiger partial charge in [0.15, 0.2) is 17.5 Å². The molecule has 2 rings (SSSR count). The van der Waals surface area contributed by atoms with E-state index in [1.807, 2.05) is 24.3 Å². The summed E-state index contributed by atoms with van der Waals surface area (Å²) in [5, 5.41) is 7.05. The van der Waals surface area contributed by atoms with Crippen molar-refractivity contribution in [2.24, 2.45) is 4.99 Å². The van der Waals surface area contributed by atoms with E-state index in [0.29, 0.717) is 30.5 Å². The van der Waals surface area contributed by atoms with Crippen molar-refractivity contribution in [3.05, 3.63) is 58.6 Å². The molecule has 0 saturated carbocycles. The number of ether oxygens (including phenoxy) is 2. The maximum absolute atomic E-state index is 12.5. The first-order valence-electron chi connectivity index (χ1n) is 8.32. The molecule has 2 N–H and O–H groups in total. The third-order valence-electron chi connectivity index (χ3n) is 3.72. The predicted octanol–water partition coefficient (Wildman–Crippen LogP) is 4.48. The molecule has 2 aromatic rings. The molecular formula is C19H23ClF2IN3O2. The number of aliphatic imine (C=N–C) groups is 1. The third kappa shape index (κ3) is 8.05. The molecule has 0 fully saturated rings. The Kier molecular flexibility index (Phi) is 10.9. The van der Waals surface area contributed by atoms with E-state index >= 15 is 0 Å². The molecule has 0 amide bonds. The molecule has 0 heterocycles. The molecule has 9 heteroatoms. The van der Waals surface area contributed by atoms with Crippen molar-refractivity contribution in [3.8, 4) is 11.5 Å². The van der Waals surface area contributed by atoms with Crippen LogP contribution in [0.15, 0.2) is 47.5 Å². The average molecular weight is 526 g/mol. The van der Waals surface area contributed by atoms with Crippen LogP contribution in [-0.4, -0.2) is 33.3 Å². The molecule has 0 aliphatic rings. The van der Waals surface area contributed by atoms with Crippen molar-refractivity contribution in [2.75, 3.05) is 20.7 Å². The number of alkyl halides is 2. The molecule has 0 aliphatic carbocycles. The van der Waals surface area contributed by atoms with Gasteiger partial charge in [-0.3, -0.25) is 4.99 Å². The normalized spacial score (nSPS) is 11.0. The molecule has 0 radical (unpaired) electrons. The Labute approximate surface area is 185 Å². The minimum Gasteiger partial charge on any atom is -0.493 e. The summed E-state index contributed by atoms with van der Waals surface area (Å²) < 4.78 is 34.5. The number of methoxy groups -OCH3 is 1. The number of guanidine groups is 1. The molecule has 0 unspecified atom stereocenters. The Morgan fingerprint density at radius 1 is 1.11 bits per heavy atom. The summed E-state index contributed by atoms with van der Waals surface area (Å²) in [6, 6.07) is 12.5. The molecule has 0 saturated heterocycles. The fourth-order valence-electron chi connectivity index (χ4n) is 2.44. The van der Waals surface area contributed by atoms with Gasteiger partial charge in [0.25, 0.3) is 0 Å². The molecule has 2 aromatic carbocycles. The van der Waals surface area contributed by atoms with Crippen molar-refractivity contribution in [1.82, 2.24) is 10.6 Å². The molecule has 0 aliphatic heterocycles. The maximum atomic E-state index is 12.5. The fourth-order valence-corrected chi connectivity index (χ4v) is 2.66. The first kappa shape index (κ1) is 24.2. The SMILES string of the molecule is CN=C(NCCc1ccc(OC)c(OC(F)F)c1)NCc1cccc(Cl)c1.I. The molecule has 0 aromatic heterocycles. The van der Waals surface area contributed by atoms with Crippen LogP contribution in [0.1, 0.15) is 11.1 Å². The van der Waals surface area contributed by atoms with Crippen LogP contribution in [0.3, 0.4) is 0 Å². The maximum Gasteiger partial charge on any atom is 0.387 e. The zero-order valence-corrected chi connectivity index (χ0v) is 18.6. The lowest BCUT2D eigenvalue weighted by Crippen LogP contribution is -2.37. The first-order valence-corrected chi connectivity index (χ1v) is 8.70. The number of hydrogen-bond donors (Lipinski definition) is 2. The van der Waals surface area contributed by atoms with E-state index in [0.717, 1.165) is 11.1 Å². The van der Waals surface area contributed by atoms with Gasteiger partial charge in [0.2, 0.25) is 0 Å². The van der Waals surface area contributed by atoms with Crippen molar-refractivity contribution < 1.29 is 18.3 Å². The monoisotopic (exact) mass is 525 g/mol. The lowest BCUT2D eigenvalue weighted by Gasteiger charge is -2.14. The molecule has 0 bridgehead atoms. The largest absolute Gasteiger partial charge is 0.493 e.